The van der Waals surface area contributed by atoms with Crippen molar-refractivity contribution < 1.29 is 14.7 Å². The van der Waals surface area contributed by atoms with Crippen molar-refractivity contribution in [1.82, 2.24) is 10.2 Å². The van der Waals surface area contributed by atoms with Gasteiger partial charge in [0.05, 0.1) is 0 Å². The zero-order chi connectivity index (χ0) is 13.4. The highest BCUT2D eigenvalue weighted by atomic mass is 16.4. The summed E-state index contributed by atoms with van der Waals surface area (Å²) in [5, 5.41) is 12.1. The quantitative estimate of drug-likeness (QED) is 0.795. The number of carbonyl (C=O) groups excluding carboxylic acids is 1. The van der Waals surface area contributed by atoms with E-state index in [1.807, 2.05) is 0 Å². The maximum Gasteiger partial charge on any atom is 0.326 e. The van der Waals surface area contributed by atoms with Crippen molar-refractivity contribution in [1.29, 1.82) is 0 Å². The predicted molar refractivity (Wildman–Crippen MR) is 69.7 cm³/mol. The molecule has 0 radical (unpaired) electrons. The van der Waals surface area contributed by atoms with Crippen LogP contribution in [0.5, 0.6) is 0 Å². The molecule has 3 aliphatic rings. The molecule has 0 bridgehead atoms. The Balaban J connectivity index is 1.51. The maximum atomic E-state index is 12.1. The lowest BCUT2D eigenvalue weighted by Crippen LogP contribution is -2.47. The largest absolute Gasteiger partial charge is 0.480 e. The summed E-state index contributed by atoms with van der Waals surface area (Å²) >= 11 is 0. The van der Waals surface area contributed by atoms with Gasteiger partial charge in [0.15, 0.2) is 0 Å². The lowest BCUT2D eigenvalue weighted by molar-refractivity contribution is -0.141. The molecule has 1 atom stereocenters. The van der Waals surface area contributed by atoms with Crippen LogP contribution in [-0.2, 0) is 4.79 Å². The van der Waals surface area contributed by atoms with Gasteiger partial charge in [-0.25, -0.2) is 9.59 Å². The monoisotopic (exact) mass is 266 g/mol. The number of nitrogens with zero attached hydrogens (tertiary/aromatic N) is 1. The third-order valence-corrected chi connectivity index (χ3v) is 4.74. The minimum absolute atomic E-state index is 0.184. The molecule has 2 amide bonds. The normalized spacial score (nSPS) is 26.8. The summed E-state index contributed by atoms with van der Waals surface area (Å²) in [5.41, 5.74) is 0. The number of likely N-dealkylation sites (tertiary alicyclic amines) is 1. The zero-order valence-corrected chi connectivity index (χ0v) is 11.2. The van der Waals surface area contributed by atoms with E-state index in [4.69, 9.17) is 5.11 Å². The molecule has 1 aliphatic heterocycles. The molecular formula is C14H22N2O3. The van der Waals surface area contributed by atoms with Crippen LogP contribution in [0.2, 0.25) is 0 Å². The van der Waals surface area contributed by atoms with Gasteiger partial charge in [-0.2, -0.15) is 0 Å². The fraction of sp³-hybridized carbons (Fsp3) is 0.857. The van der Waals surface area contributed by atoms with Gasteiger partial charge in [0.25, 0.3) is 0 Å². The smallest absolute Gasteiger partial charge is 0.326 e. The number of hydrogen-bond acceptors (Lipinski definition) is 2. The number of amides is 2. The Hall–Kier alpha value is -1.26. The van der Waals surface area contributed by atoms with Gasteiger partial charge in [-0.1, -0.05) is 0 Å². The summed E-state index contributed by atoms with van der Waals surface area (Å²) in [6.07, 6.45) is 6.59. The van der Waals surface area contributed by atoms with Crippen molar-refractivity contribution in [3.8, 4) is 0 Å². The molecule has 2 aliphatic carbocycles. The van der Waals surface area contributed by atoms with E-state index in [-0.39, 0.29) is 6.03 Å². The molecule has 5 nitrogen and oxygen atoms in total. The fourth-order valence-electron chi connectivity index (χ4n) is 3.34. The highest BCUT2D eigenvalue weighted by molar-refractivity contribution is 5.83. The van der Waals surface area contributed by atoms with E-state index >= 15 is 0 Å². The third kappa shape index (κ3) is 2.85. The Bertz CT molecular complexity index is 365. The van der Waals surface area contributed by atoms with Crippen molar-refractivity contribution in [3.63, 3.8) is 0 Å². The third-order valence-electron chi connectivity index (χ3n) is 4.74. The van der Waals surface area contributed by atoms with E-state index < -0.39 is 12.0 Å². The van der Waals surface area contributed by atoms with Crippen LogP contribution in [0, 0.1) is 17.8 Å². The van der Waals surface area contributed by atoms with Crippen LogP contribution in [0.1, 0.15) is 38.5 Å². The number of urea groups is 1. The molecule has 0 unspecified atom stereocenters. The number of carboxylic acid groups (broad SMARTS) is 1. The number of hydrogen-bond donors (Lipinski definition) is 2. The maximum absolute atomic E-state index is 12.1. The highest BCUT2D eigenvalue weighted by Crippen LogP contribution is 2.48. The SMILES string of the molecule is O=C(O)[C@@H]1CCCN1C(=O)NCC(C1CC1)C1CC1. The standard InChI is InChI=1S/C14H22N2O3/c17-13(18)12-2-1-7-16(12)14(19)15-8-11(9-3-4-9)10-5-6-10/h9-12H,1-8H2,(H,15,19)(H,17,18)/t12-/m0/s1. The van der Waals surface area contributed by atoms with Gasteiger partial charge in [-0.15, -0.1) is 0 Å². The summed E-state index contributed by atoms with van der Waals surface area (Å²) in [6, 6.07) is -0.809. The van der Waals surface area contributed by atoms with Crippen LogP contribution >= 0.6 is 0 Å². The van der Waals surface area contributed by atoms with Gasteiger partial charge >= 0.3 is 12.0 Å². The molecule has 1 heterocycles. The Morgan fingerprint density at radius 2 is 1.79 bits per heavy atom. The Kier molecular flexibility index (Phi) is 3.37. The molecule has 2 saturated carbocycles. The van der Waals surface area contributed by atoms with Crippen molar-refractivity contribution in [2.24, 2.45) is 17.8 Å². The topological polar surface area (TPSA) is 69.6 Å². The van der Waals surface area contributed by atoms with E-state index in [1.165, 1.54) is 30.6 Å². The average Bonchev–Trinajstić information content (AvgIpc) is 3.29. The molecule has 106 valence electrons. The molecule has 19 heavy (non-hydrogen) atoms. The second-order valence-electron chi connectivity index (χ2n) is 6.21. The van der Waals surface area contributed by atoms with E-state index in [1.54, 1.807) is 0 Å². The Morgan fingerprint density at radius 1 is 1.16 bits per heavy atom. The van der Waals surface area contributed by atoms with Gasteiger partial charge in [0.2, 0.25) is 0 Å². The van der Waals surface area contributed by atoms with Crippen molar-refractivity contribution in [2.45, 2.75) is 44.6 Å². The highest BCUT2D eigenvalue weighted by Gasteiger charge is 2.42. The molecule has 0 spiro atoms. The molecule has 0 aromatic heterocycles. The van der Waals surface area contributed by atoms with Crippen LogP contribution in [0.15, 0.2) is 0 Å². The lowest BCUT2D eigenvalue weighted by Gasteiger charge is -2.24. The summed E-state index contributed by atoms with van der Waals surface area (Å²) in [6.45, 7) is 1.30. The molecule has 3 rings (SSSR count). The van der Waals surface area contributed by atoms with Crippen LogP contribution < -0.4 is 5.32 Å². The second kappa shape index (κ2) is 5.02. The summed E-state index contributed by atoms with van der Waals surface area (Å²) in [5.74, 6) is 1.37. The minimum atomic E-state index is -0.881. The second-order valence-corrected chi connectivity index (χ2v) is 6.21. The number of carbonyl (C=O) groups is 2. The molecule has 5 heteroatoms. The molecule has 1 saturated heterocycles. The van der Waals surface area contributed by atoms with E-state index in [2.05, 4.69) is 5.32 Å². The molecule has 0 aromatic rings. The van der Waals surface area contributed by atoms with E-state index in [9.17, 15) is 9.59 Å². The first-order valence-electron chi connectivity index (χ1n) is 7.44. The van der Waals surface area contributed by atoms with Crippen LogP contribution in [-0.4, -0.2) is 41.1 Å². The Labute approximate surface area is 113 Å². The number of carboxylic acids is 1. The molecule has 3 fully saturated rings. The minimum Gasteiger partial charge on any atom is -0.480 e. The number of rotatable bonds is 5. The predicted octanol–water partition coefficient (Wildman–Crippen LogP) is 1.68. The van der Waals surface area contributed by atoms with Gasteiger partial charge in [-0.05, 0) is 56.3 Å². The van der Waals surface area contributed by atoms with Gasteiger partial charge in [0, 0.05) is 13.1 Å². The average molecular weight is 266 g/mol. The first kappa shape index (κ1) is 12.8. The summed E-state index contributed by atoms with van der Waals surface area (Å²) in [4.78, 5) is 24.7. The van der Waals surface area contributed by atoms with E-state index in [0.717, 1.165) is 24.8 Å². The summed E-state index contributed by atoms with van der Waals surface area (Å²) in [7, 11) is 0. The van der Waals surface area contributed by atoms with Gasteiger partial charge in [0.1, 0.15) is 6.04 Å². The fourth-order valence-corrected chi connectivity index (χ4v) is 3.34. The molecule has 2 N–H and O–H groups in total. The number of nitrogens with one attached hydrogen (secondary N) is 1. The van der Waals surface area contributed by atoms with E-state index in [0.29, 0.717) is 18.9 Å². The van der Waals surface area contributed by atoms with Gasteiger partial charge < -0.3 is 15.3 Å². The lowest BCUT2D eigenvalue weighted by atomic mass is 9.98. The van der Waals surface area contributed by atoms with Crippen LogP contribution in [0.25, 0.3) is 0 Å². The Morgan fingerprint density at radius 3 is 2.32 bits per heavy atom. The first-order valence-corrected chi connectivity index (χ1v) is 7.44. The van der Waals surface area contributed by atoms with Crippen LogP contribution in [0.4, 0.5) is 4.79 Å². The van der Waals surface area contributed by atoms with Crippen molar-refractivity contribution >= 4 is 12.0 Å². The molecular weight excluding hydrogens is 244 g/mol. The van der Waals surface area contributed by atoms with Crippen molar-refractivity contribution in [2.75, 3.05) is 13.1 Å². The first-order chi connectivity index (χ1) is 9.16. The van der Waals surface area contributed by atoms with Crippen LogP contribution in [0.3, 0.4) is 0 Å². The summed E-state index contributed by atoms with van der Waals surface area (Å²) < 4.78 is 0. The number of aliphatic carboxylic acids is 1. The molecule has 0 aromatic carbocycles. The van der Waals surface area contributed by atoms with Gasteiger partial charge in [-0.3, -0.25) is 0 Å². The zero-order valence-electron chi connectivity index (χ0n) is 11.2. The van der Waals surface area contributed by atoms with Crippen molar-refractivity contribution in [3.05, 3.63) is 0 Å².